The fraction of sp³-hybridized carbons (Fsp3) is 0.263. The number of carbonyl (C=O) groups is 2. The molecule has 7 nitrogen and oxygen atoms in total. The van der Waals surface area contributed by atoms with Gasteiger partial charge in [0.1, 0.15) is 5.92 Å². The van der Waals surface area contributed by atoms with Crippen LogP contribution in [0.5, 0.6) is 11.5 Å². The second kappa shape index (κ2) is 7.06. The Morgan fingerprint density at radius 3 is 2.47 bits per heavy atom. The topological polar surface area (TPSA) is 96.9 Å². The van der Waals surface area contributed by atoms with Crippen molar-refractivity contribution in [2.45, 2.75) is 17.9 Å². The van der Waals surface area contributed by atoms with Crippen LogP contribution in [0.4, 0.5) is 18.0 Å². The molecule has 2 aromatic rings. The molecule has 3 N–H and O–H groups in total. The number of ether oxygens (including phenoxy) is 2. The van der Waals surface area contributed by atoms with Crippen molar-refractivity contribution in [2.24, 2.45) is 5.92 Å². The van der Waals surface area contributed by atoms with Gasteiger partial charge in [-0.1, -0.05) is 17.7 Å². The van der Waals surface area contributed by atoms with Gasteiger partial charge >= 0.3 is 12.2 Å². The molecule has 1 fully saturated rings. The maximum absolute atomic E-state index is 13.9. The molecule has 2 aromatic carbocycles. The zero-order chi connectivity index (χ0) is 21.7. The lowest BCUT2D eigenvalue weighted by molar-refractivity contribution is -0.287. The molecule has 30 heavy (non-hydrogen) atoms. The number of amides is 2. The molecule has 0 unspecified atom stereocenters. The summed E-state index contributed by atoms with van der Waals surface area (Å²) in [6, 6.07) is 6.57. The standard InChI is InChI=1S/C19H14ClF3N2O5/c20-11-4-1-9(2-5-11)16(26)14-15(10-3-6-12-13(7-10)30-8-29-12)24-17(27)25-18(14,28)19(21,22)23/h1-7,14-15,28H,8H2,(H2,24,25,27)/t14-,15+,18+/m1/s1. The van der Waals surface area contributed by atoms with Crippen LogP contribution in [0.15, 0.2) is 42.5 Å². The molecule has 2 aliphatic heterocycles. The first-order valence-corrected chi connectivity index (χ1v) is 9.05. The Morgan fingerprint density at radius 2 is 1.80 bits per heavy atom. The molecular weight excluding hydrogens is 429 g/mol. The molecule has 158 valence electrons. The van der Waals surface area contributed by atoms with Crippen LogP contribution in [0.1, 0.15) is 22.0 Å². The molecule has 0 bridgehead atoms. The minimum absolute atomic E-state index is 0.0724. The van der Waals surface area contributed by atoms with Crippen molar-refractivity contribution in [1.29, 1.82) is 0 Å². The molecule has 0 spiro atoms. The van der Waals surface area contributed by atoms with Crippen molar-refractivity contribution in [3.05, 3.63) is 58.6 Å². The summed E-state index contributed by atoms with van der Waals surface area (Å²) in [4.78, 5) is 25.2. The zero-order valence-electron chi connectivity index (χ0n) is 15.0. The van der Waals surface area contributed by atoms with Crippen LogP contribution in [0.25, 0.3) is 0 Å². The van der Waals surface area contributed by atoms with E-state index in [2.05, 4.69) is 5.32 Å². The minimum Gasteiger partial charge on any atom is -0.454 e. The van der Waals surface area contributed by atoms with E-state index in [1.54, 1.807) is 0 Å². The van der Waals surface area contributed by atoms with Gasteiger partial charge in [0.15, 0.2) is 17.3 Å². The van der Waals surface area contributed by atoms with E-state index in [4.69, 9.17) is 21.1 Å². The van der Waals surface area contributed by atoms with Gasteiger partial charge in [0.2, 0.25) is 12.5 Å². The van der Waals surface area contributed by atoms with Crippen molar-refractivity contribution >= 4 is 23.4 Å². The van der Waals surface area contributed by atoms with Crippen molar-refractivity contribution in [1.82, 2.24) is 10.6 Å². The molecular formula is C19H14ClF3N2O5. The number of urea groups is 1. The van der Waals surface area contributed by atoms with E-state index in [-0.39, 0.29) is 28.7 Å². The van der Waals surface area contributed by atoms with E-state index in [9.17, 15) is 27.9 Å². The number of aliphatic hydroxyl groups is 1. The lowest BCUT2D eigenvalue weighted by atomic mass is 9.77. The van der Waals surface area contributed by atoms with E-state index >= 15 is 0 Å². The lowest BCUT2D eigenvalue weighted by Gasteiger charge is -2.45. The van der Waals surface area contributed by atoms with E-state index < -0.39 is 35.7 Å². The van der Waals surface area contributed by atoms with Gasteiger partial charge in [0.05, 0.1) is 6.04 Å². The first kappa shape index (κ1) is 20.3. The Labute approximate surface area is 172 Å². The summed E-state index contributed by atoms with van der Waals surface area (Å²) in [6.07, 6.45) is -5.34. The third-order valence-electron chi connectivity index (χ3n) is 4.97. The van der Waals surface area contributed by atoms with E-state index in [1.165, 1.54) is 47.8 Å². The molecule has 0 aliphatic carbocycles. The first-order valence-electron chi connectivity index (χ1n) is 8.67. The second-order valence-corrected chi connectivity index (χ2v) is 7.24. The van der Waals surface area contributed by atoms with Crippen molar-refractivity contribution in [3.63, 3.8) is 0 Å². The highest BCUT2D eigenvalue weighted by Crippen LogP contribution is 2.45. The number of alkyl halides is 3. The SMILES string of the molecule is O=C1N[C@@H](c2ccc3c(c2)OCO3)[C@H](C(=O)c2ccc(Cl)cc2)[C@](O)(C(F)(F)F)N1. The van der Waals surface area contributed by atoms with Crippen LogP contribution in [-0.4, -0.2) is 35.6 Å². The van der Waals surface area contributed by atoms with Gasteiger partial charge in [-0.15, -0.1) is 0 Å². The highest BCUT2D eigenvalue weighted by Gasteiger charge is 2.66. The van der Waals surface area contributed by atoms with Crippen LogP contribution in [-0.2, 0) is 0 Å². The highest BCUT2D eigenvalue weighted by atomic mass is 35.5. The molecule has 4 rings (SSSR count). The summed E-state index contributed by atoms with van der Waals surface area (Å²) in [6.45, 7) is -0.0724. The summed E-state index contributed by atoms with van der Waals surface area (Å²) >= 11 is 5.79. The van der Waals surface area contributed by atoms with Crippen molar-refractivity contribution < 1.29 is 37.3 Å². The number of nitrogens with one attached hydrogen (secondary N) is 2. The Balaban J connectivity index is 1.84. The number of Topliss-reactive ketones (excluding diaryl/α,β-unsaturated/α-hetero) is 1. The molecule has 1 saturated heterocycles. The Morgan fingerprint density at radius 1 is 1.13 bits per heavy atom. The molecule has 0 aromatic heterocycles. The highest BCUT2D eigenvalue weighted by molar-refractivity contribution is 6.30. The molecule has 3 atom stereocenters. The monoisotopic (exact) mass is 442 g/mol. The van der Waals surface area contributed by atoms with Crippen molar-refractivity contribution in [2.75, 3.05) is 6.79 Å². The molecule has 2 amide bonds. The van der Waals surface area contributed by atoms with Crippen LogP contribution in [0.3, 0.4) is 0 Å². The van der Waals surface area contributed by atoms with Crippen LogP contribution < -0.4 is 20.1 Å². The number of benzene rings is 2. The number of fused-ring (bicyclic) bond motifs is 1. The Hall–Kier alpha value is -2.98. The average Bonchev–Trinajstić information content (AvgIpc) is 3.14. The summed E-state index contributed by atoms with van der Waals surface area (Å²) in [5, 5.41) is 14.6. The summed E-state index contributed by atoms with van der Waals surface area (Å²) in [5.74, 6) is -2.57. The van der Waals surface area contributed by atoms with Crippen LogP contribution in [0, 0.1) is 5.92 Å². The quantitative estimate of drug-likeness (QED) is 0.634. The van der Waals surface area contributed by atoms with Crippen molar-refractivity contribution in [3.8, 4) is 11.5 Å². The van der Waals surface area contributed by atoms with E-state index in [0.717, 1.165) is 0 Å². The van der Waals surface area contributed by atoms with Gasteiger partial charge in [-0.25, -0.2) is 4.79 Å². The van der Waals surface area contributed by atoms with Crippen LogP contribution in [0.2, 0.25) is 5.02 Å². The molecule has 11 heteroatoms. The molecule has 2 heterocycles. The fourth-order valence-electron chi connectivity index (χ4n) is 3.52. The predicted molar refractivity (Wildman–Crippen MR) is 97.3 cm³/mol. The average molecular weight is 443 g/mol. The maximum Gasteiger partial charge on any atom is 0.437 e. The third kappa shape index (κ3) is 3.31. The third-order valence-corrected chi connectivity index (χ3v) is 5.23. The zero-order valence-corrected chi connectivity index (χ0v) is 15.8. The number of ketones is 1. The predicted octanol–water partition coefficient (Wildman–Crippen LogP) is 3.17. The summed E-state index contributed by atoms with van der Waals surface area (Å²) in [5.41, 5.74) is -3.80. The normalized spacial score (nSPS) is 25.4. The van der Waals surface area contributed by atoms with E-state index in [0.29, 0.717) is 5.75 Å². The fourth-order valence-corrected chi connectivity index (χ4v) is 3.64. The van der Waals surface area contributed by atoms with Gasteiger partial charge in [-0.3, -0.25) is 4.79 Å². The lowest BCUT2D eigenvalue weighted by Crippen LogP contribution is -2.72. The molecule has 0 radical (unpaired) electrons. The molecule has 2 aliphatic rings. The van der Waals surface area contributed by atoms with Gasteiger partial charge in [0, 0.05) is 10.6 Å². The number of halogens is 4. The maximum atomic E-state index is 13.9. The first-order chi connectivity index (χ1) is 14.1. The van der Waals surface area contributed by atoms with Gasteiger partial charge in [-0.2, -0.15) is 13.2 Å². The number of rotatable bonds is 3. The summed E-state index contributed by atoms with van der Waals surface area (Å²) < 4.78 is 52.1. The van der Waals surface area contributed by atoms with Gasteiger partial charge in [-0.05, 0) is 42.0 Å². The van der Waals surface area contributed by atoms with E-state index in [1.807, 2.05) is 0 Å². The minimum atomic E-state index is -5.34. The smallest absolute Gasteiger partial charge is 0.437 e. The van der Waals surface area contributed by atoms with Gasteiger partial charge in [0.25, 0.3) is 0 Å². The Bertz CT molecular complexity index is 1010. The van der Waals surface area contributed by atoms with Crippen LogP contribution >= 0.6 is 11.6 Å². The number of carbonyl (C=O) groups excluding carboxylic acids is 2. The largest absolute Gasteiger partial charge is 0.454 e. The number of hydrogen-bond acceptors (Lipinski definition) is 5. The van der Waals surface area contributed by atoms with Gasteiger partial charge < -0.3 is 25.2 Å². The molecule has 0 saturated carbocycles. The second-order valence-electron chi connectivity index (χ2n) is 6.80. The summed E-state index contributed by atoms with van der Waals surface area (Å²) in [7, 11) is 0. The Kier molecular flexibility index (Phi) is 4.78. The number of hydrogen-bond donors (Lipinski definition) is 3.